The van der Waals surface area contributed by atoms with Gasteiger partial charge in [0, 0.05) is 19.6 Å². The number of hydrogen-bond acceptors (Lipinski definition) is 5. The highest BCUT2D eigenvalue weighted by Crippen LogP contribution is 2.33. The maximum absolute atomic E-state index is 12.7. The summed E-state index contributed by atoms with van der Waals surface area (Å²) in [5, 5.41) is 0. The fraction of sp³-hybridized carbons (Fsp3) is 0.364. The average molecular weight is 380 g/mol. The molecule has 146 valence electrons. The van der Waals surface area contributed by atoms with Gasteiger partial charge >= 0.3 is 0 Å². The van der Waals surface area contributed by atoms with Crippen molar-refractivity contribution in [3.8, 4) is 11.5 Å². The number of methoxy groups -OCH3 is 2. The number of imide groups is 1. The van der Waals surface area contributed by atoms with Crippen LogP contribution < -0.4 is 9.47 Å². The molecule has 28 heavy (non-hydrogen) atoms. The summed E-state index contributed by atoms with van der Waals surface area (Å²) >= 11 is 0. The number of carbonyl (C=O) groups is 2. The van der Waals surface area contributed by atoms with Gasteiger partial charge in [0.15, 0.2) is 11.5 Å². The second-order valence-corrected chi connectivity index (χ2v) is 7.34. The molecule has 2 aliphatic rings. The van der Waals surface area contributed by atoms with Gasteiger partial charge in [0.1, 0.15) is 0 Å². The molecule has 0 N–H and O–H groups in total. The lowest BCUT2D eigenvalue weighted by atomic mass is 9.98. The van der Waals surface area contributed by atoms with E-state index in [0.717, 1.165) is 31.0 Å². The molecule has 1 atom stereocenters. The third-order valence-electron chi connectivity index (χ3n) is 5.59. The summed E-state index contributed by atoms with van der Waals surface area (Å²) in [5.41, 5.74) is 3.45. The molecule has 0 aromatic heterocycles. The van der Waals surface area contributed by atoms with Crippen LogP contribution in [0.4, 0.5) is 0 Å². The van der Waals surface area contributed by atoms with Gasteiger partial charge in [0.2, 0.25) is 0 Å². The van der Waals surface area contributed by atoms with Gasteiger partial charge in [-0.15, -0.1) is 0 Å². The highest BCUT2D eigenvalue weighted by molar-refractivity contribution is 6.21. The lowest BCUT2D eigenvalue weighted by Crippen LogP contribution is -2.46. The van der Waals surface area contributed by atoms with Crippen LogP contribution in [-0.2, 0) is 13.0 Å². The van der Waals surface area contributed by atoms with Gasteiger partial charge in [-0.3, -0.25) is 19.4 Å². The molecular weight excluding hydrogens is 356 g/mol. The van der Waals surface area contributed by atoms with Crippen molar-refractivity contribution < 1.29 is 19.1 Å². The first kappa shape index (κ1) is 18.5. The average Bonchev–Trinajstić information content (AvgIpc) is 2.97. The van der Waals surface area contributed by atoms with Crippen molar-refractivity contribution in [2.75, 3.05) is 27.3 Å². The van der Waals surface area contributed by atoms with E-state index in [9.17, 15) is 9.59 Å². The molecule has 0 saturated carbocycles. The molecule has 0 saturated heterocycles. The van der Waals surface area contributed by atoms with Crippen LogP contribution in [0.3, 0.4) is 0 Å². The third kappa shape index (κ3) is 3.03. The number of amides is 2. The Labute approximate surface area is 164 Å². The minimum atomic E-state index is -0.200. The van der Waals surface area contributed by atoms with Gasteiger partial charge in [0.25, 0.3) is 11.8 Å². The zero-order valence-electron chi connectivity index (χ0n) is 16.4. The maximum atomic E-state index is 12.7. The number of ether oxygens (including phenoxy) is 2. The number of nitrogens with zero attached hydrogens (tertiary/aromatic N) is 2. The van der Waals surface area contributed by atoms with E-state index in [1.165, 1.54) is 16.0 Å². The van der Waals surface area contributed by atoms with Gasteiger partial charge in [-0.1, -0.05) is 12.1 Å². The molecule has 4 rings (SSSR count). The van der Waals surface area contributed by atoms with Crippen molar-refractivity contribution in [1.82, 2.24) is 9.80 Å². The van der Waals surface area contributed by atoms with Crippen molar-refractivity contribution in [3.63, 3.8) is 0 Å². The van der Waals surface area contributed by atoms with Crippen molar-refractivity contribution in [2.45, 2.75) is 25.9 Å². The quantitative estimate of drug-likeness (QED) is 0.747. The molecule has 0 unspecified atom stereocenters. The van der Waals surface area contributed by atoms with Crippen molar-refractivity contribution in [2.24, 2.45) is 0 Å². The summed E-state index contributed by atoms with van der Waals surface area (Å²) in [6.07, 6.45) is 0.893. The first-order valence-electron chi connectivity index (χ1n) is 9.46. The van der Waals surface area contributed by atoms with E-state index in [2.05, 4.69) is 4.90 Å². The summed E-state index contributed by atoms with van der Waals surface area (Å²) in [5.74, 6) is 1.07. The molecule has 0 bridgehead atoms. The van der Waals surface area contributed by atoms with Gasteiger partial charge < -0.3 is 9.47 Å². The first-order valence-corrected chi connectivity index (χ1v) is 9.46. The Balaban J connectivity index is 1.49. The van der Waals surface area contributed by atoms with Crippen LogP contribution in [0.25, 0.3) is 0 Å². The van der Waals surface area contributed by atoms with Crippen LogP contribution >= 0.6 is 0 Å². The van der Waals surface area contributed by atoms with Crippen molar-refractivity contribution in [1.29, 1.82) is 0 Å². The van der Waals surface area contributed by atoms with E-state index in [0.29, 0.717) is 17.7 Å². The molecule has 0 fully saturated rings. The number of carbonyl (C=O) groups excluding carboxylic acids is 2. The van der Waals surface area contributed by atoms with Gasteiger partial charge in [-0.2, -0.15) is 0 Å². The Kier molecular flexibility index (Phi) is 4.81. The molecule has 0 radical (unpaired) electrons. The van der Waals surface area contributed by atoms with Crippen molar-refractivity contribution in [3.05, 3.63) is 58.7 Å². The normalized spacial score (nSPS) is 17.3. The van der Waals surface area contributed by atoms with Crippen LogP contribution in [0, 0.1) is 0 Å². The number of benzene rings is 2. The Hall–Kier alpha value is -2.86. The molecule has 6 nitrogen and oxygen atoms in total. The zero-order valence-corrected chi connectivity index (χ0v) is 16.4. The first-order chi connectivity index (χ1) is 13.5. The van der Waals surface area contributed by atoms with E-state index in [4.69, 9.17) is 9.47 Å². The van der Waals surface area contributed by atoms with E-state index in [1.54, 1.807) is 38.5 Å². The SMILES string of the molecule is COc1cc2c(cc1OC)CN(C[C@H](C)N1C(=O)c3ccccc3C1=O)CC2. The van der Waals surface area contributed by atoms with E-state index in [-0.39, 0.29) is 17.9 Å². The highest BCUT2D eigenvalue weighted by atomic mass is 16.5. The van der Waals surface area contributed by atoms with E-state index >= 15 is 0 Å². The molecule has 0 aliphatic carbocycles. The monoisotopic (exact) mass is 380 g/mol. The molecular formula is C22H24N2O4. The minimum Gasteiger partial charge on any atom is -0.493 e. The minimum absolute atomic E-state index is 0.197. The van der Waals surface area contributed by atoms with Crippen LogP contribution in [0.5, 0.6) is 11.5 Å². The standard InChI is InChI=1S/C22H24N2O4/c1-14(24-21(25)17-6-4-5-7-18(17)22(24)26)12-23-9-8-15-10-19(27-2)20(28-3)11-16(15)13-23/h4-7,10-11,14H,8-9,12-13H2,1-3H3/t14-/m0/s1. The van der Waals surface area contributed by atoms with Gasteiger partial charge in [-0.25, -0.2) is 0 Å². The molecule has 6 heteroatoms. The number of rotatable bonds is 5. The lowest BCUT2D eigenvalue weighted by Gasteiger charge is -2.33. The Morgan fingerprint density at radius 2 is 1.54 bits per heavy atom. The number of fused-ring (bicyclic) bond motifs is 2. The van der Waals surface area contributed by atoms with Crippen LogP contribution in [0.15, 0.2) is 36.4 Å². The summed E-state index contributed by atoms with van der Waals surface area (Å²) in [6.45, 7) is 4.20. The fourth-order valence-electron chi connectivity index (χ4n) is 4.16. The predicted octanol–water partition coefficient (Wildman–Crippen LogP) is 2.75. The summed E-state index contributed by atoms with van der Waals surface area (Å²) < 4.78 is 10.8. The van der Waals surface area contributed by atoms with E-state index in [1.807, 2.05) is 19.1 Å². The molecule has 2 aromatic carbocycles. The van der Waals surface area contributed by atoms with Gasteiger partial charge in [-0.05, 0) is 48.7 Å². The van der Waals surface area contributed by atoms with Crippen molar-refractivity contribution >= 4 is 11.8 Å². The van der Waals surface area contributed by atoms with E-state index < -0.39 is 0 Å². The van der Waals surface area contributed by atoms with Gasteiger partial charge in [0.05, 0.1) is 31.4 Å². The van der Waals surface area contributed by atoms with Crippen LogP contribution in [0.2, 0.25) is 0 Å². The lowest BCUT2D eigenvalue weighted by molar-refractivity contribution is 0.0554. The molecule has 2 aliphatic heterocycles. The second-order valence-electron chi connectivity index (χ2n) is 7.34. The Bertz CT molecular complexity index is 905. The topological polar surface area (TPSA) is 59.1 Å². The van der Waals surface area contributed by atoms with Crippen LogP contribution in [0.1, 0.15) is 38.8 Å². The molecule has 2 heterocycles. The summed E-state index contributed by atoms with van der Waals surface area (Å²) in [6, 6.07) is 10.9. The fourth-order valence-corrected chi connectivity index (χ4v) is 4.16. The molecule has 0 spiro atoms. The molecule has 2 aromatic rings. The van der Waals surface area contributed by atoms with Crippen LogP contribution in [-0.4, -0.2) is 55.0 Å². The molecule has 2 amide bonds. The smallest absolute Gasteiger partial charge is 0.261 e. The second kappa shape index (κ2) is 7.28. The third-order valence-corrected chi connectivity index (χ3v) is 5.59. The highest BCUT2D eigenvalue weighted by Gasteiger charge is 2.38. The number of hydrogen-bond donors (Lipinski definition) is 0. The summed E-state index contributed by atoms with van der Waals surface area (Å²) in [4.78, 5) is 29.1. The largest absolute Gasteiger partial charge is 0.493 e. The zero-order chi connectivity index (χ0) is 19.8. The maximum Gasteiger partial charge on any atom is 0.261 e. The predicted molar refractivity (Wildman–Crippen MR) is 105 cm³/mol. The Morgan fingerprint density at radius 3 is 2.11 bits per heavy atom. The Morgan fingerprint density at radius 1 is 0.964 bits per heavy atom. The summed E-state index contributed by atoms with van der Waals surface area (Å²) in [7, 11) is 3.28.